The van der Waals surface area contributed by atoms with Gasteiger partial charge in [0.1, 0.15) is 0 Å². The van der Waals surface area contributed by atoms with Crippen LogP contribution in [0.25, 0.3) is 0 Å². The van der Waals surface area contributed by atoms with E-state index in [9.17, 15) is 4.79 Å². The number of hydrogen-bond acceptors (Lipinski definition) is 5. The van der Waals surface area contributed by atoms with Gasteiger partial charge in [0.15, 0.2) is 0 Å². The van der Waals surface area contributed by atoms with Crippen LogP contribution in [0, 0.1) is 0 Å². The Hall–Kier alpha value is -1.41. The van der Waals surface area contributed by atoms with Gasteiger partial charge in [-0.2, -0.15) is 0 Å². The van der Waals surface area contributed by atoms with Crippen LogP contribution in [0.1, 0.15) is 71.8 Å². The standard InChI is InChI=1S/C26H38BN3O3/c1-24(2)25(3,4)33-27(32-24)18-7-8-21-22(15-18)30(23(31)26(21)9-11-28-12-10-26)20-16-19(17-20)29-13-5-6-14-29/h7-8,15,19-20,28H,5-6,9-14,16-17H2,1-4H3/t19-,20+. The molecule has 1 aromatic carbocycles. The van der Waals surface area contributed by atoms with Crippen LogP contribution in [-0.2, 0) is 19.5 Å². The molecule has 0 radical (unpaired) electrons. The van der Waals surface area contributed by atoms with Crippen LogP contribution in [-0.4, -0.2) is 67.4 Å². The number of hydrogen-bond donors (Lipinski definition) is 1. The molecule has 1 amide bonds. The third-order valence-electron chi connectivity index (χ3n) is 9.52. The third-order valence-corrected chi connectivity index (χ3v) is 9.52. The van der Waals surface area contributed by atoms with Crippen molar-refractivity contribution in [3.63, 3.8) is 0 Å². The molecule has 1 saturated carbocycles. The number of rotatable bonds is 3. The van der Waals surface area contributed by atoms with E-state index >= 15 is 0 Å². The Bertz CT molecular complexity index is 930. The summed E-state index contributed by atoms with van der Waals surface area (Å²) in [4.78, 5) is 18.9. The number of amides is 1. The number of nitrogens with zero attached hydrogens (tertiary/aromatic N) is 2. The Balaban J connectivity index is 1.33. The Kier molecular flexibility index (Phi) is 5.05. The minimum absolute atomic E-state index is 0.310. The SMILES string of the molecule is CC1(C)OB(c2ccc3c(c2)N([C@H]2C[C@@H](N4CCCC4)C2)C(=O)C32CCNCC2)OC1(C)C. The van der Waals surface area contributed by atoms with Crippen molar-refractivity contribution in [2.75, 3.05) is 31.1 Å². The summed E-state index contributed by atoms with van der Waals surface area (Å²) in [6.45, 7) is 12.6. The first-order valence-corrected chi connectivity index (χ1v) is 13.0. The number of carbonyl (C=O) groups is 1. The fraction of sp³-hybridized carbons (Fsp3) is 0.731. The van der Waals surface area contributed by atoms with Crippen molar-refractivity contribution in [2.45, 2.75) is 94.9 Å². The largest absolute Gasteiger partial charge is 0.494 e. The molecule has 0 bridgehead atoms. The van der Waals surface area contributed by atoms with Crippen LogP contribution in [0.2, 0.25) is 0 Å². The van der Waals surface area contributed by atoms with E-state index < -0.39 is 7.12 Å². The second-order valence-corrected chi connectivity index (χ2v) is 11.9. The van der Waals surface area contributed by atoms with Gasteiger partial charge in [0.05, 0.1) is 16.6 Å². The number of carbonyl (C=O) groups excluding carboxylic acids is 1. The number of likely N-dealkylation sites (tertiary alicyclic amines) is 1. The Morgan fingerprint density at radius 1 is 0.970 bits per heavy atom. The van der Waals surface area contributed by atoms with Gasteiger partial charge in [-0.3, -0.25) is 4.79 Å². The van der Waals surface area contributed by atoms with Gasteiger partial charge >= 0.3 is 7.12 Å². The van der Waals surface area contributed by atoms with E-state index in [1.165, 1.54) is 31.5 Å². The van der Waals surface area contributed by atoms with Gasteiger partial charge in [0.25, 0.3) is 0 Å². The molecule has 1 N–H and O–H groups in total. The maximum Gasteiger partial charge on any atom is 0.494 e. The second-order valence-electron chi connectivity index (χ2n) is 11.9. The second kappa shape index (κ2) is 7.55. The maximum atomic E-state index is 14.1. The predicted octanol–water partition coefficient (Wildman–Crippen LogP) is 2.58. The molecule has 6 nitrogen and oxygen atoms in total. The monoisotopic (exact) mass is 451 g/mol. The molecular weight excluding hydrogens is 413 g/mol. The number of anilines is 1. The van der Waals surface area contributed by atoms with Crippen molar-refractivity contribution in [3.05, 3.63) is 23.8 Å². The summed E-state index contributed by atoms with van der Waals surface area (Å²) in [7, 11) is -0.402. The molecule has 4 aliphatic heterocycles. The fourth-order valence-electron chi connectivity index (χ4n) is 6.61. The molecular formula is C26H38BN3O3. The zero-order valence-electron chi connectivity index (χ0n) is 20.7. The third kappa shape index (κ3) is 3.26. The first kappa shape index (κ1) is 22.1. The quantitative estimate of drug-likeness (QED) is 0.717. The van der Waals surface area contributed by atoms with Crippen LogP contribution in [0.5, 0.6) is 0 Å². The van der Waals surface area contributed by atoms with E-state index in [4.69, 9.17) is 9.31 Å². The molecule has 3 saturated heterocycles. The lowest BCUT2D eigenvalue weighted by Crippen LogP contribution is -2.57. The lowest BCUT2D eigenvalue weighted by atomic mass is 9.72. The molecule has 1 aromatic rings. The van der Waals surface area contributed by atoms with E-state index in [1.54, 1.807) is 0 Å². The zero-order chi connectivity index (χ0) is 23.0. The molecule has 1 spiro atoms. The summed E-state index contributed by atoms with van der Waals surface area (Å²) in [5.41, 5.74) is 2.23. The van der Waals surface area contributed by atoms with Crippen molar-refractivity contribution in [2.24, 2.45) is 0 Å². The van der Waals surface area contributed by atoms with Crippen molar-refractivity contribution >= 4 is 24.2 Å². The molecule has 178 valence electrons. The van der Waals surface area contributed by atoms with Gasteiger partial charge in [-0.05, 0) is 109 Å². The van der Waals surface area contributed by atoms with Crippen LogP contribution in [0.4, 0.5) is 5.69 Å². The Morgan fingerprint density at radius 2 is 1.61 bits per heavy atom. The molecule has 33 heavy (non-hydrogen) atoms. The normalized spacial score (nSPS) is 32.4. The summed E-state index contributed by atoms with van der Waals surface area (Å²) < 4.78 is 12.7. The average molecular weight is 451 g/mol. The smallest absolute Gasteiger partial charge is 0.399 e. The number of fused-ring (bicyclic) bond motifs is 2. The van der Waals surface area contributed by atoms with E-state index in [1.807, 2.05) is 0 Å². The average Bonchev–Trinajstić information content (AvgIpc) is 3.40. The van der Waals surface area contributed by atoms with Gasteiger partial charge in [-0.25, -0.2) is 0 Å². The zero-order valence-corrected chi connectivity index (χ0v) is 20.7. The molecule has 7 heteroatoms. The summed E-state index contributed by atoms with van der Waals surface area (Å²) in [5, 5.41) is 3.46. The number of benzene rings is 1. The van der Waals surface area contributed by atoms with E-state index in [2.05, 4.69) is 61.0 Å². The summed E-state index contributed by atoms with van der Waals surface area (Å²) in [5.74, 6) is 0.329. The molecule has 6 rings (SSSR count). The highest BCUT2D eigenvalue weighted by Crippen LogP contribution is 2.50. The molecule has 0 atom stereocenters. The van der Waals surface area contributed by atoms with Crippen LogP contribution in [0.15, 0.2) is 18.2 Å². The fourth-order valence-corrected chi connectivity index (χ4v) is 6.61. The van der Waals surface area contributed by atoms with E-state index in [0.717, 1.165) is 49.9 Å². The predicted molar refractivity (Wildman–Crippen MR) is 131 cm³/mol. The molecule has 4 heterocycles. The van der Waals surface area contributed by atoms with E-state index in [-0.39, 0.29) is 16.6 Å². The number of nitrogens with one attached hydrogen (secondary N) is 1. The minimum atomic E-state index is -0.402. The van der Waals surface area contributed by atoms with Gasteiger partial charge in [0, 0.05) is 17.8 Å². The van der Waals surface area contributed by atoms with Crippen molar-refractivity contribution in [3.8, 4) is 0 Å². The first-order chi connectivity index (χ1) is 15.7. The lowest BCUT2D eigenvalue weighted by Gasteiger charge is -2.46. The molecule has 0 unspecified atom stereocenters. The van der Waals surface area contributed by atoms with Crippen molar-refractivity contribution < 1.29 is 14.1 Å². The van der Waals surface area contributed by atoms with Gasteiger partial charge in [-0.1, -0.05) is 12.1 Å². The molecule has 4 fully saturated rings. The highest BCUT2D eigenvalue weighted by atomic mass is 16.7. The maximum absolute atomic E-state index is 14.1. The summed E-state index contributed by atoms with van der Waals surface area (Å²) in [6, 6.07) is 7.49. The lowest BCUT2D eigenvalue weighted by molar-refractivity contribution is -0.125. The van der Waals surface area contributed by atoms with Crippen molar-refractivity contribution in [1.82, 2.24) is 10.2 Å². The highest BCUT2D eigenvalue weighted by molar-refractivity contribution is 6.62. The topological polar surface area (TPSA) is 54.0 Å². The summed E-state index contributed by atoms with van der Waals surface area (Å²) >= 11 is 0. The van der Waals surface area contributed by atoms with Gasteiger partial charge in [-0.15, -0.1) is 0 Å². The summed E-state index contributed by atoms with van der Waals surface area (Å²) in [6.07, 6.45) is 6.60. The van der Waals surface area contributed by atoms with Crippen LogP contribution in [0.3, 0.4) is 0 Å². The first-order valence-electron chi connectivity index (χ1n) is 13.0. The molecule has 1 aliphatic carbocycles. The van der Waals surface area contributed by atoms with Crippen LogP contribution >= 0.6 is 0 Å². The Morgan fingerprint density at radius 3 is 2.24 bits per heavy atom. The van der Waals surface area contributed by atoms with Gasteiger partial charge < -0.3 is 24.4 Å². The highest BCUT2D eigenvalue weighted by Gasteiger charge is 2.56. The number of piperidine rings is 1. The van der Waals surface area contributed by atoms with E-state index in [0.29, 0.717) is 18.0 Å². The van der Waals surface area contributed by atoms with Crippen LogP contribution < -0.4 is 15.7 Å². The molecule has 5 aliphatic rings. The Labute approximate surface area is 198 Å². The molecule has 0 aromatic heterocycles. The van der Waals surface area contributed by atoms with Crippen molar-refractivity contribution in [1.29, 1.82) is 0 Å². The van der Waals surface area contributed by atoms with Gasteiger partial charge in [0.2, 0.25) is 5.91 Å². The minimum Gasteiger partial charge on any atom is -0.399 e.